The molecule has 0 saturated carbocycles. The minimum atomic E-state index is -1.16. The van der Waals surface area contributed by atoms with E-state index in [0.717, 1.165) is 28.8 Å². The third-order valence-electron chi connectivity index (χ3n) is 7.56. The molecule has 5 rings (SSSR count). The van der Waals surface area contributed by atoms with Crippen molar-refractivity contribution in [1.82, 2.24) is 14.7 Å². The molecule has 0 radical (unpaired) electrons. The molecule has 1 aliphatic heterocycles. The van der Waals surface area contributed by atoms with Gasteiger partial charge in [0.15, 0.2) is 11.6 Å². The molecule has 3 heterocycles. The molecule has 2 aromatic carbocycles. The average Bonchev–Trinajstić information content (AvgIpc) is 3.39. The maximum atomic E-state index is 15.8. The summed E-state index contributed by atoms with van der Waals surface area (Å²) < 4.78 is 68.4. The van der Waals surface area contributed by atoms with E-state index in [4.69, 9.17) is 9.47 Å². The van der Waals surface area contributed by atoms with Crippen LogP contribution in [0.1, 0.15) is 48.5 Å². The van der Waals surface area contributed by atoms with E-state index in [1.165, 1.54) is 4.90 Å². The molecule has 0 spiro atoms. The first kappa shape index (κ1) is 31.5. The second-order valence-electron chi connectivity index (χ2n) is 10.8. The molecule has 45 heavy (non-hydrogen) atoms. The number of ether oxygens (including phenoxy) is 2. The zero-order chi connectivity index (χ0) is 32.1. The minimum absolute atomic E-state index is 0.0000460. The molecule has 1 saturated heterocycles. The predicted molar refractivity (Wildman–Crippen MR) is 157 cm³/mol. The monoisotopic (exact) mass is 626 g/mol. The summed E-state index contributed by atoms with van der Waals surface area (Å²) in [6, 6.07) is 12.5. The smallest absolute Gasteiger partial charge is 0.408 e. The third kappa shape index (κ3) is 6.76. The molecular weight excluding hydrogens is 596 g/mol. The topological polar surface area (TPSA) is 102 Å². The molecule has 1 N–H and O–H groups in total. The summed E-state index contributed by atoms with van der Waals surface area (Å²) in [5.74, 6) is -4.11. The fourth-order valence-corrected chi connectivity index (χ4v) is 5.28. The van der Waals surface area contributed by atoms with E-state index in [1.807, 2.05) is 0 Å². The van der Waals surface area contributed by atoms with Crippen molar-refractivity contribution in [1.29, 1.82) is 0 Å². The maximum absolute atomic E-state index is 15.8. The summed E-state index contributed by atoms with van der Waals surface area (Å²) >= 11 is 0. The maximum Gasteiger partial charge on any atom is 0.408 e. The van der Waals surface area contributed by atoms with Crippen molar-refractivity contribution < 1.29 is 36.6 Å². The Morgan fingerprint density at radius 2 is 1.78 bits per heavy atom. The quantitative estimate of drug-likeness (QED) is 0.132. The molecule has 9 nitrogen and oxygen atoms in total. The number of unbranched alkanes of at least 4 members (excludes halogenated alkanes) is 1. The highest BCUT2D eigenvalue weighted by Crippen LogP contribution is 2.35. The number of carbonyl (C=O) groups is 2. The van der Waals surface area contributed by atoms with Gasteiger partial charge in [0.25, 0.3) is 5.56 Å². The van der Waals surface area contributed by atoms with Crippen LogP contribution in [-0.4, -0.2) is 46.9 Å². The van der Waals surface area contributed by atoms with Crippen molar-refractivity contribution >= 4 is 23.5 Å². The Morgan fingerprint density at radius 3 is 2.51 bits per heavy atom. The van der Waals surface area contributed by atoms with Crippen molar-refractivity contribution in [3.8, 4) is 11.1 Å². The summed E-state index contributed by atoms with van der Waals surface area (Å²) in [4.78, 5) is 45.0. The van der Waals surface area contributed by atoms with Gasteiger partial charge in [0.2, 0.25) is 0 Å². The normalized spacial score (nSPS) is 16.2. The van der Waals surface area contributed by atoms with E-state index in [2.05, 4.69) is 10.3 Å². The first-order valence-corrected chi connectivity index (χ1v) is 14.3. The molecule has 236 valence electrons. The molecule has 4 aromatic rings. The molecule has 0 unspecified atom stereocenters. The fourth-order valence-electron chi connectivity index (χ4n) is 5.28. The van der Waals surface area contributed by atoms with E-state index < -0.39 is 53.0 Å². The number of nitrogens with one attached hydrogen (secondary N) is 1. The van der Waals surface area contributed by atoms with E-state index in [9.17, 15) is 23.2 Å². The highest BCUT2D eigenvalue weighted by Gasteiger charge is 2.41. The Bertz CT molecular complexity index is 1790. The molecular formula is C32H30F4N4O5. The summed E-state index contributed by atoms with van der Waals surface area (Å²) in [5.41, 5.74) is -2.50. The van der Waals surface area contributed by atoms with Crippen molar-refractivity contribution in [3.05, 3.63) is 99.7 Å². The number of esters is 1. The molecule has 0 bridgehead atoms. The zero-order valence-electron chi connectivity index (χ0n) is 24.3. The number of anilines is 1. The highest BCUT2D eigenvalue weighted by molar-refractivity contribution is 5.93. The SMILES string of the molecule is C[C@@]1(NC(=O)OCCCCF)CCCN1c1nc2c(-c3ccc(F)cc3F)cc(C(=O)OCc3ccccc3)c(=O)n2cc1F. The van der Waals surface area contributed by atoms with E-state index in [-0.39, 0.29) is 48.8 Å². The lowest BCUT2D eigenvalue weighted by atomic mass is 10.0. The first-order valence-electron chi connectivity index (χ1n) is 14.3. The number of nitrogens with zero attached hydrogens (tertiary/aromatic N) is 3. The molecule has 1 amide bonds. The lowest BCUT2D eigenvalue weighted by Crippen LogP contribution is -2.56. The Morgan fingerprint density at radius 1 is 1.00 bits per heavy atom. The van der Waals surface area contributed by atoms with Crippen molar-refractivity contribution in [2.75, 3.05) is 24.7 Å². The second kappa shape index (κ2) is 13.4. The molecule has 1 aliphatic rings. The minimum Gasteiger partial charge on any atom is -0.457 e. The molecule has 2 aromatic heterocycles. The van der Waals surface area contributed by atoms with E-state index >= 15 is 8.78 Å². The molecule has 0 aliphatic carbocycles. The lowest BCUT2D eigenvalue weighted by molar-refractivity contribution is 0.0470. The van der Waals surface area contributed by atoms with Gasteiger partial charge >= 0.3 is 12.1 Å². The number of fused-ring (bicyclic) bond motifs is 1. The summed E-state index contributed by atoms with van der Waals surface area (Å²) in [5, 5.41) is 2.71. The van der Waals surface area contributed by atoms with Crippen LogP contribution in [-0.2, 0) is 16.1 Å². The lowest BCUT2D eigenvalue weighted by Gasteiger charge is -2.36. The van der Waals surface area contributed by atoms with Crippen LogP contribution >= 0.6 is 0 Å². The molecule has 13 heteroatoms. The summed E-state index contributed by atoms with van der Waals surface area (Å²) in [6.07, 6.45) is 1.54. The number of halogens is 4. The average molecular weight is 627 g/mol. The van der Waals surface area contributed by atoms with Crippen LogP contribution in [0.2, 0.25) is 0 Å². The van der Waals surface area contributed by atoms with Crippen LogP contribution in [0.4, 0.5) is 28.2 Å². The standard InChI is InChI=1S/C32H30F4N4O5/c1-32(38-31(43)44-15-6-5-13-33)12-7-14-40(32)28-26(36)18-39-27(37-28)23(22-11-10-21(34)16-25(22)35)17-24(29(39)41)30(42)45-19-20-8-3-2-4-9-20/h2-4,8-11,16-18H,5-7,12-15,19H2,1H3,(H,38,43)/t32-/m0/s1. The van der Waals surface area contributed by atoms with Crippen molar-refractivity contribution in [2.24, 2.45) is 0 Å². The van der Waals surface area contributed by atoms with Crippen LogP contribution in [0.5, 0.6) is 0 Å². The van der Waals surface area contributed by atoms with Gasteiger partial charge in [-0.3, -0.25) is 18.9 Å². The van der Waals surface area contributed by atoms with Gasteiger partial charge in [-0.15, -0.1) is 0 Å². The van der Waals surface area contributed by atoms with Gasteiger partial charge in [0, 0.05) is 23.7 Å². The number of alkyl carbamates (subject to hydrolysis) is 1. The number of benzene rings is 2. The number of rotatable bonds is 10. The number of amides is 1. The second-order valence-corrected chi connectivity index (χ2v) is 10.8. The van der Waals surface area contributed by atoms with Crippen LogP contribution in [0.15, 0.2) is 65.6 Å². The number of alkyl halides is 1. The van der Waals surface area contributed by atoms with Crippen LogP contribution in [0, 0.1) is 17.5 Å². The van der Waals surface area contributed by atoms with Gasteiger partial charge in [-0.1, -0.05) is 30.3 Å². The number of aromatic nitrogens is 2. The Hall–Kier alpha value is -4.94. The molecule has 1 fully saturated rings. The predicted octanol–water partition coefficient (Wildman–Crippen LogP) is 5.93. The number of carbonyl (C=O) groups excluding carboxylic acids is 2. The van der Waals surface area contributed by atoms with Crippen molar-refractivity contribution in [2.45, 2.75) is 44.9 Å². The number of hydrogen-bond acceptors (Lipinski definition) is 7. The Balaban J connectivity index is 1.57. The number of pyridine rings is 1. The van der Waals surface area contributed by atoms with Crippen molar-refractivity contribution in [3.63, 3.8) is 0 Å². The van der Waals surface area contributed by atoms with Gasteiger partial charge < -0.3 is 14.4 Å². The Labute approximate surface area is 255 Å². The highest BCUT2D eigenvalue weighted by atomic mass is 19.1. The third-order valence-corrected chi connectivity index (χ3v) is 7.56. The first-order chi connectivity index (χ1) is 21.6. The van der Waals surface area contributed by atoms with Gasteiger partial charge in [-0.2, -0.15) is 0 Å². The summed E-state index contributed by atoms with van der Waals surface area (Å²) in [7, 11) is 0. The van der Waals surface area contributed by atoms with Gasteiger partial charge in [-0.25, -0.2) is 27.7 Å². The molecule has 1 atom stereocenters. The van der Waals surface area contributed by atoms with Gasteiger partial charge in [0.05, 0.1) is 19.5 Å². The van der Waals surface area contributed by atoms with Crippen LogP contribution < -0.4 is 15.8 Å². The summed E-state index contributed by atoms with van der Waals surface area (Å²) in [6.45, 7) is 1.21. The van der Waals surface area contributed by atoms with Crippen LogP contribution in [0.3, 0.4) is 0 Å². The fraction of sp³-hybridized carbons (Fsp3) is 0.312. The van der Waals surface area contributed by atoms with E-state index in [1.54, 1.807) is 37.3 Å². The van der Waals surface area contributed by atoms with E-state index in [0.29, 0.717) is 30.9 Å². The number of hydrogen-bond donors (Lipinski definition) is 1. The Kier molecular flexibility index (Phi) is 9.35. The van der Waals surface area contributed by atoms with Crippen LogP contribution in [0.25, 0.3) is 16.8 Å². The zero-order valence-corrected chi connectivity index (χ0v) is 24.3. The van der Waals surface area contributed by atoms with Gasteiger partial charge in [0.1, 0.15) is 35.1 Å². The largest absolute Gasteiger partial charge is 0.457 e. The van der Waals surface area contributed by atoms with Gasteiger partial charge in [-0.05, 0) is 56.4 Å².